The minimum Gasteiger partial charge on any atom is -0.326 e. The van der Waals surface area contributed by atoms with Crippen molar-refractivity contribution in [3.63, 3.8) is 0 Å². The highest BCUT2D eigenvalue weighted by molar-refractivity contribution is 5.91. The molecule has 0 aliphatic carbocycles. The highest BCUT2D eigenvalue weighted by Crippen LogP contribution is 2.16. The van der Waals surface area contributed by atoms with Gasteiger partial charge in [0.05, 0.1) is 0 Å². The van der Waals surface area contributed by atoms with Gasteiger partial charge in [-0.25, -0.2) is 0 Å². The van der Waals surface area contributed by atoms with E-state index in [4.69, 9.17) is 0 Å². The molecule has 1 heterocycles. The molecule has 0 atom stereocenters. The van der Waals surface area contributed by atoms with Gasteiger partial charge in [-0.15, -0.1) is 0 Å². The summed E-state index contributed by atoms with van der Waals surface area (Å²) >= 11 is 0. The lowest BCUT2D eigenvalue weighted by Gasteiger charge is -2.34. The molecule has 2 aromatic carbocycles. The number of piperazine rings is 1. The normalized spacial score (nSPS) is 15.8. The molecule has 1 aliphatic rings. The molecule has 0 bridgehead atoms. The lowest BCUT2D eigenvalue weighted by Crippen LogP contribution is -2.46. The highest BCUT2D eigenvalue weighted by Gasteiger charge is 2.16. The molecular weight excluding hydrogens is 346 g/mol. The van der Waals surface area contributed by atoms with Crippen molar-refractivity contribution in [1.82, 2.24) is 9.80 Å². The van der Waals surface area contributed by atoms with E-state index in [0.717, 1.165) is 50.5 Å². The smallest absolute Gasteiger partial charge is 0.225 e. The Labute approximate surface area is 168 Å². The predicted octanol–water partition coefficient (Wildman–Crippen LogP) is 3.96. The third-order valence-electron chi connectivity index (χ3n) is 5.26. The average Bonchev–Trinajstić information content (AvgIpc) is 2.71. The van der Waals surface area contributed by atoms with Crippen LogP contribution in [0, 0.1) is 13.8 Å². The monoisotopic (exact) mass is 377 g/mol. The molecule has 4 nitrogen and oxygen atoms in total. The second kappa shape index (κ2) is 10.2. The van der Waals surface area contributed by atoms with E-state index >= 15 is 0 Å². The number of hydrogen-bond donors (Lipinski definition) is 1. The zero-order valence-electron chi connectivity index (χ0n) is 17.0. The van der Waals surface area contributed by atoms with Gasteiger partial charge in [-0.1, -0.05) is 54.6 Å². The average molecular weight is 378 g/mol. The van der Waals surface area contributed by atoms with Crippen molar-refractivity contribution in [3.8, 4) is 0 Å². The lowest BCUT2D eigenvalue weighted by atomic mass is 10.1. The summed E-state index contributed by atoms with van der Waals surface area (Å²) in [6.07, 6.45) is 4.97. The second-order valence-corrected chi connectivity index (χ2v) is 7.57. The maximum Gasteiger partial charge on any atom is 0.225 e. The molecular formula is C24H31N3O. The number of amides is 1. The first-order chi connectivity index (χ1) is 13.6. The van der Waals surface area contributed by atoms with E-state index in [1.54, 1.807) is 0 Å². The van der Waals surface area contributed by atoms with Crippen LogP contribution in [0.3, 0.4) is 0 Å². The van der Waals surface area contributed by atoms with Crippen molar-refractivity contribution in [3.05, 3.63) is 71.3 Å². The van der Waals surface area contributed by atoms with Crippen molar-refractivity contribution in [2.75, 3.05) is 44.6 Å². The number of anilines is 1. The number of nitrogens with zero attached hydrogens (tertiary/aromatic N) is 2. The summed E-state index contributed by atoms with van der Waals surface area (Å²) in [5, 5.41) is 3.06. The number of rotatable bonds is 7. The van der Waals surface area contributed by atoms with Crippen molar-refractivity contribution in [2.24, 2.45) is 0 Å². The SMILES string of the molecule is Cc1ccc(C)c(NC(=O)CCN2CCN(CC=Cc3ccccc3)CC2)c1. The molecule has 0 unspecified atom stereocenters. The standard InChI is InChI=1S/C24H31N3O/c1-20-10-11-21(2)23(19-20)25-24(28)12-14-27-17-15-26(16-18-27)13-6-9-22-7-4-3-5-8-22/h3-11,19H,12-18H2,1-2H3,(H,25,28). The summed E-state index contributed by atoms with van der Waals surface area (Å²) in [6.45, 7) is 10.0. The summed E-state index contributed by atoms with van der Waals surface area (Å²) < 4.78 is 0. The van der Waals surface area contributed by atoms with Crippen LogP contribution in [0.15, 0.2) is 54.6 Å². The number of hydrogen-bond acceptors (Lipinski definition) is 3. The number of carbonyl (C=O) groups excluding carboxylic acids is 1. The molecule has 1 fully saturated rings. The number of carbonyl (C=O) groups is 1. The topological polar surface area (TPSA) is 35.6 Å². The highest BCUT2D eigenvalue weighted by atomic mass is 16.1. The van der Waals surface area contributed by atoms with E-state index in [0.29, 0.717) is 6.42 Å². The van der Waals surface area contributed by atoms with Gasteiger partial charge in [-0.2, -0.15) is 0 Å². The number of nitrogens with one attached hydrogen (secondary N) is 1. The van der Waals surface area contributed by atoms with Crippen molar-refractivity contribution >= 4 is 17.7 Å². The minimum absolute atomic E-state index is 0.0990. The van der Waals surface area contributed by atoms with Gasteiger partial charge in [-0.05, 0) is 36.6 Å². The lowest BCUT2D eigenvalue weighted by molar-refractivity contribution is -0.116. The molecule has 1 N–H and O–H groups in total. The Balaban J connectivity index is 1.35. The molecule has 4 heteroatoms. The van der Waals surface area contributed by atoms with E-state index in [1.807, 2.05) is 26.0 Å². The van der Waals surface area contributed by atoms with E-state index in [1.165, 1.54) is 11.1 Å². The van der Waals surface area contributed by atoms with Gasteiger partial charge < -0.3 is 10.2 Å². The van der Waals surface area contributed by atoms with Crippen molar-refractivity contribution < 1.29 is 4.79 Å². The van der Waals surface area contributed by atoms with Gasteiger partial charge in [0, 0.05) is 51.4 Å². The van der Waals surface area contributed by atoms with E-state index in [2.05, 4.69) is 63.7 Å². The Hall–Kier alpha value is -2.43. The van der Waals surface area contributed by atoms with Gasteiger partial charge in [0.2, 0.25) is 5.91 Å². The van der Waals surface area contributed by atoms with Crippen LogP contribution in [0.4, 0.5) is 5.69 Å². The molecule has 2 aromatic rings. The van der Waals surface area contributed by atoms with Crippen molar-refractivity contribution in [1.29, 1.82) is 0 Å². The Morgan fingerprint density at radius 2 is 1.71 bits per heavy atom. The van der Waals surface area contributed by atoms with Crippen LogP contribution in [0.2, 0.25) is 0 Å². The Morgan fingerprint density at radius 3 is 2.46 bits per heavy atom. The maximum atomic E-state index is 12.3. The van der Waals surface area contributed by atoms with Crippen LogP contribution in [0.1, 0.15) is 23.1 Å². The molecule has 0 radical (unpaired) electrons. The van der Waals surface area contributed by atoms with E-state index in [-0.39, 0.29) is 5.91 Å². The van der Waals surface area contributed by atoms with Crippen LogP contribution in [-0.4, -0.2) is 55.0 Å². The fourth-order valence-corrected chi connectivity index (χ4v) is 3.44. The van der Waals surface area contributed by atoms with Gasteiger partial charge in [0.1, 0.15) is 0 Å². The molecule has 1 amide bonds. The second-order valence-electron chi connectivity index (χ2n) is 7.57. The fourth-order valence-electron chi connectivity index (χ4n) is 3.44. The predicted molar refractivity (Wildman–Crippen MR) is 118 cm³/mol. The van der Waals surface area contributed by atoms with Crippen LogP contribution in [0.25, 0.3) is 6.08 Å². The summed E-state index contributed by atoms with van der Waals surface area (Å²) in [4.78, 5) is 17.2. The first-order valence-electron chi connectivity index (χ1n) is 10.1. The number of benzene rings is 2. The summed E-state index contributed by atoms with van der Waals surface area (Å²) in [6, 6.07) is 16.6. The quantitative estimate of drug-likeness (QED) is 0.793. The molecule has 28 heavy (non-hydrogen) atoms. The largest absolute Gasteiger partial charge is 0.326 e. The molecule has 1 aliphatic heterocycles. The molecule has 148 valence electrons. The van der Waals surface area contributed by atoms with E-state index < -0.39 is 0 Å². The van der Waals surface area contributed by atoms with Crippen LogP contribution in [0.5, 0.6) is 0 Å². The van der Waals surface area contributed by atoms with Gasteiger partial charge in [0.15, 0.2) is 0 Å². The van der Waals surface area contributed by atoms with Crippen molar-refractivity contribution in [2.45, 2.75) is 20.3 Å². The first-order valence-corrected chi connectivity index (χ1v) is 10.1. The molecule has 0 spiro atoms. The molecule has 1 saturated heterocycles. The maximum absolute atomic E-state index is 12.3. The summed E-state index contributed by atoms with van der Waals surface area (Å²) in [5.74, 6) is 0.0990. The third-order valence-corrected chi connectivity index (χ3v) is 5.26. The van der Waals surface area contributed by atoms with Gasteiger partial charge in [0.25, 0.3) is 0 Å². The molecule has 3 rings (SSSR count). The zero-order chi connectivity index (χ0) is 19.8. The Morgan fingerprint density at radius 1 is 1.00 bits per heavy atom. The molecule has 0 saturated carbocycles. The summed E-state index contributed by atoms with van der Waals surface area (Å²) in [5.41, 5.74) is 4.45. The van der Waals surface area contributed by atoms with Crippen LogP contribution < -0.4 is 5.32 Å². The van der Waals surface area contributed by atoms with E-state index in [9.17, 15) is 4.79 Å². The first kappa shape index (κ1) is 20.3. The minimum atomic E-state index is 0.0990. The zero-order valence-corrected chi connectivity index (χ0v) is 17.0. The third kappa shape index (κ3) is 6.32. The fraction of sp³-hybridized carbons (Fsp3) is 0.375. The Kier molecular flexibility index (Phi) is 7.40. The summed E-state index contributed by atoms with van der Waals surface area (Å²) in [7, 11) is 0. The number of aryl methyl sites for hydroxylation is 2. The van der Waals surface area contributed by atoms with Crippen LogP contribution in [-0.2, 0) is 4.79 Å². The van der Waals surface area contributed by atoms with Gasteiger partial charge in [-0.3, -0.25) is 9.69 Å². The molecule has 0 aromatic heterocycles. The Bertz CT molecular complexity index is 793. The van der Waals surface area contributed by atoms with Crippen LogP contribution >= 0.6 is 0 Å². The van der Waals surface area contributed by atoms with Gasteiger partial charge >= 0.3 is 0 Å².